The first-order valence-electron chi connectivity index (χ1n) is 12.7. The highest BCUT2D eigenvalue weighted by Gasteiger charge is 2.16. The van der Waals surface area contributed by atoms with Gasteiger partial charge in [0.15, 0.2) is 11.5 Å². The standard InChI is InChI=1S/C23H21NO2.C7H7N5O/c1-2-20-15-19-8-6-7-18(12-11-17-13-14-26-16-17)22(19)23(25)24(20)21-9-4-3-5-10-21;8-5-4(6(9)13)7-10-2-1-3-12(7)11-5/h3-10,15,17H,2,13-14,16H2,1H3;1-3H,(H2,8,11)(H2,9,13). The van der Waals surface area contributed by atoms with Gasteiger partial charge in [0.1, 0.15) is 5.56 Å². The molecule has 1 atom stereocenters. The zero-order chi connectivity index (χ0) is 27.4. The number of aromatic nitrogens is 4. The van der Waals surface area contributed by atoms with Crippen LogP contribution in [-0.2, 0) is 11.2 Å². The Morgan fingerprint density at radius 3 is 2.69 bits per heavy atom. The van der Waals surface area contributed by atoms with Crippen LogP contribution in [0.1, 0.15) is 35.0 Å². The van der Waals surface area contributed by atoms with E-state index in [0.717, 1.165) is 41.8 Å². The van der Waals surface area contributed by atoms with Crippen molar-refractivity contribution in [2.75, 3.05) is 18.9 Å². The zero-order valence-electron chi connectivity index (χ0n) is 21.5. The Kier molecular flexibility index (Phi) is 7.39. The van der Waals surface area contributed by atoms with Crippen LogP contribution in [0.3, 0.4) is 0 Å². The topological polar surface area (TPSA) is 131 Å². The highest BCUT2D eigenvalue weighted by molar-refractivity contribution is 6.03. The van der Waals surface area contributed by atoms with Crippen LogP contribution in [0.2, 0.25) is 0 Å². The van der Waals surface area contributed by atoms with Gasteiger partial charge in [-0.05, 0) is 48.6 Å². The monoisotopic (exact) mass is 520 g/mol. The van der Waals surface area contributed by atoms with Gasteiger partial charge in [0.25, 0.3) is 11.5 Å². The fourth-order valence-electron chi connectivity index (χ4n) is 4.61. The van der Waals surface area contributed by atoms with E-state index in [1.54, 1.807) is 18.5 Å². The van der Waals surface area contributed by atoms with Gasteiger partial charge in [0.05, 0.1) is 12.0 Å². The lowest BCUT2D eigenvalue weighted by atomic mass is 10.0. The maximum absolute atomic E-state index is 13.4. The van der Waals surface area contributed by atoms with Crippen molar-refractivity contribution < 1.29 is 9.53 Å². The van der Waals surface area contributed by atoms with Crippen molar-refractivity contribution in [3.8, 4) is 17.5 Å². The first kappa shape index (κ1) is 25.7. The Hall–Kier alpha value is -4.94. The number of aryl methyl sites for hydroxylation is 1. The molecule has 196 valence electrons. The molecule has 0 spiro atoms. The number of primary amides is 1. The summed E-state index contributed by atoms with van der Waals surface area (Å²) in [6.07, 6.45) is 4.94. The van der Waals surface area contributed by atoms with Gasteiger partial charge in [-0.25, -0.2) is 9.50 Å². The molecule has 39 heavy (non-hydrogen) atoms. The Labute approximate surface area is 225 Å². The summed E-state index contributed by atoms with van der Waals surface area (Å²) in [6.45, 7) is 3.53. The summed E-state index contributed by atoms with van der Waals surface area (Å²) >= 11 is 0. The summed E-state index contributed by atoms with van der Waals surface area (Å²) in [5.41, 5.74) is 13.8. The van der Waals surface area contributed by atoms with Crippen molar-refractivity contribution in [3.63, 3.8) is 0 Å². The van der Waals surface area contributed by atoms with Crippen LogP contribution in [-0.4, -0.2) is 38.3 Å². The molecule has 4 heterocycles. The van der Waals surface area contributed by atoms with Crippen LogP contribution in [0.5, 0.6) is 0 Å². The predicted octanol–water partition coefficient (Wildman–Crippen LogP) is 3.35. The number of ether oxygens (including phenoxy) is 1. The average Bonchev–Trinajstić information content (AvgIpc) is 3.59. The molecule has 1 aliphatic heterocycles. The van der Waals surface area contributed by atoms with Crippen molar-refractivity contribution >= 4 is 28.1 Å². The molecule has 0 bridgehead atoms. The van der Waals surface area contributed by atoms with Crippen molar-refractivity contribution in [2.45, 2.75) is 19.8 Å². The Balaban J connectivity index is 0.000000198. The van der Waals surface area contributed by atoms with Gasteiger partial charge in [-0.15, -0.1) is 5.10 Å². The highest BCUT2D eigenvalue weighted by Crippen LogP contribution is 2.20. The number of benzene rings is 2. The number of pyridine rings is 1. The first-order valence-corrected chi connectivity index (χ1v) is 12.7. The third-order valence-corrected chi connectivity index (χ3v) is 6.51. The molecule has 1 unspecified atom stereocenters. The summed E-state index contributed by atoms with van der Waals surface area (Å²) in [7, 11) is 0. The van der Waals surface area contributed by atoms with E-state index >= 15 is 0 Å². The maximum Gasteiger partial charge on any atom is 0.264 e. The molecular formula is C30H28N6O3. The van der Waals surface area contributed by atoms with Crippen LogP contribution < -0.4 is 17.0 Å². The van der Waals surface area contributed by atoms with Crippen LogP contribution in [0.4, 0.5) is 5.82 Å². The molecule has 1 fully saturated rings. The van der Waals surface area contributed by atoms with E-state index in [4.69, 9.17) is 16.2 Å². The molecule has 0 aliphatic carbocycles. The number of nitrogens with zero attached hydrogens (tertiary/aromatic N) is 4. The fourth-order valence-corrected chi connectivity index (χ4v) is 4.61. The van der Waals surface area contributed by atoms with E-state index in [1.807, 2.05) is 53.1 Å². The number of nitrogen functional groups attached to an aromatic ring is 1. The Bertz CT molecular complexity index is 1770. The van der Waals surface area contributed by atoms with E-state index < -0.39 is 5.91 Å². The number of anilines is 1. The second-order valence-corrected chi connectivity index (χ2v) is 9.08. The quantitative estimate of drug-likeness (QED) is 0.351. The van der Waals surface area contributed by atoms with Crippen molar-refractivity contribution in [1.82, 2.24) is 19.2 Å². The van der Waals surface area contributed by atoms with Gasteiger partial charge in [-0.1, -0.05) is 49.1 Å². The molecule has 3 aromatic heterocycles. The third kappa shape index (κ3) is 5.23. The van der Waals surface area contributed by atoms with Gasteiger partial charge in [-0.2, -0.15) is 0 Å². The molecule has 9 nitrogen and oxygen atoms in total. The average molecular weight is 521 g/mol. The summed E-state index contributed by atoms with van der Waals surface area (Å²) in [6, 6.07) is 19.5. The molecule has 1 amide bonds. The highest BCUT2D eigenvalue weighted by atomic mass is 16.5. The number of para-hydroxylation sites is 1. The van der Waals surface area contributed by atoms with Crippen molar-refractivity contribution in [3.05, 3.63) is 100 Å². The first-order chi connectivity index (χ1) is 19.0. The fraction of sp³-hybridized carbons (Fsp3) is 0.200. The number of carbonyl (C=O) groups excluding carboxylic acids is 1. The van der Waals surface area contributed by atoms with Crippen LogP contribution in [0, 0.1) is 17.8 Å². The second-order valence-electron chi connectivity index (χ2n) is 9.08. The van der Waals surface area contributed by atoms with Crippen LogP contribution in [0.25, 0.3) is 22.1 Å². The van der Waals surface area contributed by atoms with E-state index in [-0.39, 0.29) is 22.9 Å². The van der Waals surface area contributed by atoms with E-state index in [0.29, 0.717) is 17.6 Å². The lowest BCUT2D eigenvalue weighted by Gasteiger charge is -2.14. The SMILES string of the molecule is CCc1cc2cccc(C#CC3CCOC3)c2c(=O)n1-c1ccccc1.NC(=O)c1c(N)nn2cccnc12. The number of carbonyl (C=O) groups is 1. The largest absolute Gasteiger partial charge is 0.381 e. The number of fused-ring (bicyclic) bond motifs is 2. The lowest BCUT2D eigenvalue weighted by molar-refractivity contribution is 0.100. The van der Waals surface area contributed by atoms with Crippen LogP contribution >= 0.6 is 0 Å². The van der Waals surface area contributed by atoms with Gasteiger partial charge in [-0.3, -0.25) is 14.2 Å². The molecule has 5 aromatic rings. The Morgan fingerprint density at radius 2 is 1.97 bits per heavy atom. The van der Waals surface area contributed by atoms with Crippen molar-refractivity contribution in [1.29, 1.82) is 0 Å². The molecule has 2 aromatic carbocycles. The molecule has 0 radical (unpaired) electrons. The normalized spacial score (nSPS) is 14.4. The Morgan fingerprint density at radius 1 is 1.15 bits per heavy atom. The summed E-state index contributed by atoms with van der Waals surface area (Å²) in [4.78, 5) is 28.3. The number of rotatable bonds is 3. The third-order valence-electron chi connectivity index (χ3n) is 6.51. The van der Waals surface area contributed by atoms with Gasteiger partial charge >= 0.3 is 0 Å². The summed E-state index contributed by atoms with van der Waals surface area (Å²) < 4.78 is 8.62. The maximum atomic E-state index is 13.4. The van der Waals surface area contributed by atoms with Gasteiger partial charge in [0.2, 0.25) is 0 Å². The minimum atomic E-state index is -0.619. The molecule has 1 saturated heterocycles. The van der Waals surface area contributed by atoms with Gasteiger partial charge < -0.3 is 16.2 Å². The summed E-state index contributed by atoms with van der Waals surface area (Å²) in [5, 5.41) is 5.51. The van der Waals surface area contributed by atoms with Crippen LogP contribution in [0.15, 0.2) is 77.9 Å². The lowest BCUT2D eigenvalue weighted by Crippen LogP contribution is -2.22. The smallest absolute Gasteiger partial charge is 0.264 e. The minimum absolute atomic E-state index is 0.00174. The predicted molar refractivity (Wildman–Crippen MR) is 151 cm³/mol. The molecule has 0 saturated carbocycles. The second kappa shape index (κ2) is 11.2. The molecular weight excluding hydrogens is 492 g/mol. The summed E-state index contributed by atoms with van der Waals surface area (Å²) in [5.74, 6) is 6.27. The van der Waals surface area contributed by atoms with E-state index in [9.17, 15) is 9.59 Å². The minimum Gasteiger partial charge on any atom is -0.381 e. The van der Waals surface area contributed by atoms with E-state index in [2.05, 4.69) is 34.9 Å². The number of hydrogen-bond acceptors (Lipinski definition) is 6. The molecule has 6 rings (SSSR count). The zero-order valence-corrected chi connectivity index (χ0v) is 21.5. The molecule has 9 heteroatoms. The molecule has 1 aliphatic rings. The van der Waals surface area contributed by atoms with E-state index in [1.165, 1.54) is 4.52 Å². The number of hydrogen-bond donors (Lipinski definition) is 2. The number of nitrogens with two attached hydrogens (primary N) is 2. The molecule has 4 N–H and O–H groups in total. The van der Waals surface area contributed by atoms with Crippen molar-refractivity contribution in [2.24, 2.45) is 11.7 Å². The number of amides is 1. The van der Waals surface area contributed by atoms with Gasteiger partial charge in [0, 0.05) is 41.9 Å².